The molecule has 0 saturated carbocycles. The van der Waals surface area contributed by atoms with Gasteiger partial charge in [0.1, 0.15) is 0 Å². The first-order valence-corrected chi connectivity index (χ1v) is 7.41. The summed E-state index contributed by atoms with van der Waals surface area (Å²) in [6.45, 7) is 5.26. The van der Waals surface area contributed by atoms with Gasteiger partial charge in [0.05, 0.1) is 5.52 Å². The van der Waals surface area contributed by atoms with Crippen molar-refractivity contribution in [1.29, 1.82) is 0 Å². The van der Waals surface area contributed by atoms with E-state index in [1.807, 2.05) is 12.3 Å². The van der Waals surface area contributed by atoms with Gasteiger partial charge in [0.25, 0.3) is 0 Å². The van der Waals surface area contributed by atoms with Crippen LogP contribution in [-0.4, -0.2) is 4.98 Å². The number of aromatic nitrogens is 1. The molecular formula is C19H20N2. The summed E-state index contributed by atoms with van der Waals surface area (Å²) >= 11 is 0. The Labute approximate surface area is 125 Å². The van der Waals surface area contributed by atoms with Crippen molar-refractivity contribution in [2.24, 2.45) is 0 Å². The van der Waals surface area contributed by atoms with E-state index in [1.54, 1.807) is 0 Å². The first-order chi connectivity index (χ1) is 10.3. The first kappa shape index (κ1) is 13.6. The molecule has 1 heterocycles. The molecule has 0 amide bonds. The first-order valence-electron chi connectivity index (χ1n) is 7.41. The fourth-order valence-corrected chi connectivity index (χ4v) is 2.66. The van der Waals surface area contributed by atoms with Crippen molar-refractivity contribution in [3.8, 4) is 0 Å². The van der Waals surface area contributed by atoms with Crippen molar-refractivity contribution in [2.45, 2.75) is 26.3 Å². The number of para-hydroxylation sites is 2. The molecule has 2 heteroatoms. The Morgan fingerprint density at radius 1 is 0.952 bits per heavy atom. The highest BCUT2D eigenvalue weighted by molar-refractivity contribution is 5.82. The normalized spacial score (nSPS) is 11.0. The van der Waals surface area contributed by atoms with Gasteiger partial charge in [0.2, 0.25) is 0 Å². The molecule has 0 fully saturated rings. The van der Waals surface area contributed by atoms with Crippen molar-refractivity contribution in [3.63, 3.8) is 0 Å². The van der Waals surface area contributed by atoms with Gasteiger partial charge in [0, 0.05) is 23.8 Å². The second-order valence-corrected chi connectivity index (χ2v) is 5.58. The summed E-state index contributed by atoms with van der Waals surface area (Å²) < 4.78 is 0. The smallest absolute Gasteiger partial charge is 0.0705 e. The minimum Gasteiger partial charge on any atom is -0.381 e. The second-order valence-electron chi connectivity index (χ2n) is 5.58. The maximum absolute atomic E-state index is 4.41. The van der Waals surface area contributed by atoms with E-state index in [9.17, 15) is 0 Å². The van der Waals surface area contributed by atoms with Gasteiger partial charge in [0.15, 0.2) is 0 Å². The average Bonchev–Trinajstić information content (AvgIpc) is 2.53. The third kappa shape index (κ3) is 2.89. The molecule has 3 aromatic rings. The summed E-state index contributed by atoms with van der Waals surface area (Å²) in [6, 6.07) is 18.9. The number of anilines is 1. The van der Waals surface area contributed by atoms with Crippen LogP contribution in [0.15, 0.2) is 60.8 Å². The molecule has 0 aliphatic rings. The molecule has 0 aliphatic carbocycles. The van der Waals surface area contributed by atoms with Crippen molar-refractivity contribution >= 4 is 16.6 Å². The lowest BCUT2D eigenvalue weighted by Gasteiger charge is -2.15. The molecule has 21 heavy (non-hydrogen) atoms. The topological polar surface area (TPSA) is 24.9 Å². The second kappa shape index (κ2) is 5.96. The van der Waals surface area contributed by atoms with Crippen LogP contribution in [0.3, 0.4) is 0 Å². The van der Waals surface area contributed by atoms with E-state index >= 15 is 0 Å². The van der Waals surface area contributed by atoms with Gasteiger partial charge in [-0.15, -0.1) is 0 Å². The zero-order valence-electron chi connectivity index (χ0n) is 12.5. The van der Waals surface area contributed by atoms with Crippen LogP contribution in [0.25, 0.3) is 10.9 Å². The number of rotatable bonds is 4. The van der Waals surface area contributed by atoms with E-state index in [4.69, 9.17) is 0 Å². The van der Waals surface area contributed by atoms with Gasteiger partial charge in [-0.2, -0.15) is 0 Å². The van der Waals surface area contributed by atoms with Gasteiger partial charge in [-0.25, -0.2) is 0 Å². The van der Waals surface area contributed by atoms with Crippen LogP contribution in [0.4, 0.5) is 5.69 Å². The predicted molar refractivity (Wildman–Crippen MR) is 89.6 cm³/mol. The van der Waals surface area contributed by atoms with Gasteiger partial charge in [-0.3, -0.25) is 4.98 Å². The van der Waals surface area contributed by atoms with Crippen LogP contribution >= 0.6 is 0 Å². The third-order valence-electron chi connectivity index (χ3n) is 3.79. The van der Waals surface area contributed by atoms with Gasteiger partial charge >= 0.3 is 0 Å². The molecule has 0 unspecified atom stereocenters. The fourth-order valence-electron chi connectivity index (χ4n) is 2.66. The number of nitrogens with zero attached hydrogens (tertiary/aromatic N) is 1. The summed E-state index contributed by atoms with van der Waals surface area (Å²) in [5.41, 5.74) is 4.90. The zero-order valence-corrected chi connectivity index (χ0v) is 12.5. The van der Waals surface area contributed by atoms with Gasteiger partial charge in [-0.1, -0.05) is 50.2 Å². The minimum absolute atomic E-state index is 0.517. The number of pyridine rings is 1. The Kier molecular flexibility index (Phi) is 3.87. The Hall–Kier alpha value is -2.35. The van der Waals surface area contributed by atoms with E-state index in [0.717, 1.165) is 12.1 Å². The summed E-state index contributed by atoms with van der Waals surface area (Å²) in [4.78, 5) is 4.41. The van der Waals surface area contributed by atoms with Crippen LogP contribution in [0.2, 0.25) is 0 Å². The summed E-state index contributed by atoms with van der Waals surface area (Å²) in [5.74, 6) is 0.517. The molecule has 1 N–H and O–H groups in total. The zero-order chi connectivity index (χ0) is 14.7. The lowest BCUT2D eigenvalue weighted by molar-refractivity contribution is 0.865. The van der Waals surface area contributed by atoms with Crippen LogP contribution < -0.4 is 5.32 Å². The maximum atomic E-state index is 4.41. The molecule has 0 aliphatic heterocycles. The Bertz CT molecular complexity index is 742. The Morgan fingerprint density at radius 3 is 2.57 bits per heavy atom. The van der Waals surface area contributed by atoms with Crippen LogP contribution in [0, 0.1) is 0 Å². The highest BCUT2D eigenvalue weighted by Crippen LogP contribution is 2.25. The fraction of sp³-hybridized carbons (Fsp3) is 0.211. The van der Waals surface area contributed by atoms with Crippen LogP contribution in [0.1, 0.15) is 30.9 Å². The Balaban J connectivity index is 1.87. The summed E-state index contributed by atoms with van der Waals surface area (Å²) in [5, 5.41) is 4.79. The number of hydrogen-bond acceptors (Lipinski definition) is 2. The number of fused-ring (bicyclic) bond motifs is 1. The summed E-state index contributed by atoms with van der Waals surface area (Å²) in [7, 11) is 0. The lowest BCUT2D eigenvalue weighted by atomic mass is 10.0. The molecule has 0 bridgehead atoms. The van der Waals surface area contributed by atoms with Gasteiger partial charge < -0.3 is 5.32 Å². The SMILES string of the molecule is CC(C)c1ccccc1NCc1ccnc2ccccc12. The molecule has 106 valence electrons. The molecular weight excluding hydrogens is 256 g/mol. The molecule has 0 radical (unpaired) electrons. The van der Waals surface area contributed by atoms with Crippen molar-refractivity contribution in [1.82, 2.24) is 4.98 Å². The molecule has 0 saturated heterocycles. The quantitative estimate of drug-likeness (QED) is 0.727. The predicted octanol–water partition coefficient (Wildman–Crippen LogP) is 4.97. The highest BCUT2D eigenvalue weighted by Gasteiger charge is 2.06. The van der Waals surface area contributed by atoms with Gasteiger partial charge in [-0.05, 0) is 35.2 Å². The lowest BCUT2D eigenvalue weighted by Crippen LogP contribution is -2.04. The van der Waals surface area contributed by atoms with Crippen molar-refractivity contribution in [2.75, 3.05) is 5.32 Å². The number of benzene rings is 2. The molecule has 0 atom stereocenters. The number of hydrogen-bond donors (Lipinski definition) is 1. The molecule has 3 rings (SSSR count). The average molecular weight is 276 g/mol. The van der Waals surface area contributed by atoms with E-state index in [-0.39, 0.29) is 0 Å². The number of nitrogens with one attached hydrogen (secondary N) is 1. The van der Waals surface area contributed by atoms with Crippen LogP contribution in [0.5, 0.6) is 0 Å². The van der Waals surface area contributed by atoms with Crippen molar-refractivity contribution in [3.05, 3.63) is 71.9 Å². The molecule has 2 nitrogen and oxygen atoms in total. The largest absolute Gasteiger partial charge is 0.381 e. The molecule has 2 aromatic carbocycles. The van der Waals surface area contributed by atoms with E-state index in [2.05, 4.69) is 72.7 Å². The monoisotopic (exact) mass is 276 g/mol. The minimum atomic E-state index is 0.517. The molecule has 0 spiro atoms. The van der Waals surface area contributed by atoms with E-state index in [1.165, 1.54) is 22.2 Å². The molecule has 1 aromatic heterocycles. The van der Waals surface area contributed by atoms with E-state index in [0.29, 0.717) is 5.92 Å². The summed E-state index contributed by atoms with van der Waals surface area (Å²) in [6.07, 6.45) is 1.88. The van der Waals surface area contributed by atoms with Crippen molar-refractivity contribution < 1.29 is 0 Å². The maximum Gasteiger partial charge on any atom is 0.0705 e. The third-order valence-corrected chi connectivity index (χ3v) is 3.79. The van der Waals surface area contributed by atoms with Crippen LogP contribution in [-0.2, 0) is 6.54 Å². The van der Waals surface area contributed by atoms with E-state index < -0.39 is 0 Å². The standard InChI is InChI=1S/C19H20N2/c1-14(2)16-7-3-5-9-18(16)21-13-15-11-12-20-19-10-6-4-8-17(15)19/h3-12,14,21H,13H2,1-2H3. The highest BCUT2D eigenvalue weighted by atomic mass is 14.9. The Morgan fingerprint density at radius 2 is 1.71 bits per heavy atom.